The molecule has 0 amide bonds. The third-order valence-electron chi connectivity index (χ3n) is 6.70. The predicted molar refractivity (Wildman–Crippen MR) is 145 cm³/mol. The molecule has 0 fully saturated rings. The molecule has 184 valence electrons. The van der Waals surface area contributed by atoms with Gasteiger partial charge in [0.2, 0.25) is 0 Å². The number of imidazole rings is 1. The topological polar surface area (TPSA) is 67.1 Å². The van der Waals surface area contributed by atoms with Gasteiger partial charge in [-0.05, 0) is 22.3 Å². The number of hydrogen-bond donors (Lipinski definition) is 2. The van der Waals surface area contributed by atoms with Gasteiger partial charge in [0.25, 0.3) is 0 Å². The standard InChI is InChI=1S/C32H29N3O2/c36-31(37)30(33-22-25-13-5-1-6-14-25)21-29-23-35(24-34-29)32(26-15-7-2-8-16-26,27-17-9-3-10-18-27)28-19-11-4-12-20-28/h1-20,23-24,30,33H,21-22H2,(H,36,37). The molecular formula is C32H29N3O2. The maximum Gasteiger partial charge on any atom is 0.321 e. The fraction of sp³-hybridized carbons (Fsp3) is 0.125. The van der Waals surface area contributed by atoms with Crippen LogP contribution >= 0.6 is 0 Å². The number of nitrogens with zero attached hydrogens (tertiary/aromatic N) is 2. The average Bonchev–Trinajstić information content (AvgIpc) is 3.42. The van der Waals surface area contributed by atoms with Crippen LogP contribution in [0.1, 0.15) is 27.9 Å². The number of rotatable bonds is 10. The van der Waals surface area contributed by atoms with Crippen molar-refractivity contribution in [2.75, 3.05) is 0 Å². The van der Waals surface area contributed by atoms with E-state index in [0.29, 0.717) is 12.2 Å². The summed E-state index contributed by atoms with van der Waals surface area (Å²) in [5.41, 5.74) is 4.34. The molecule has 0 aliphatic rings. The molecule has 0 aliphatic heterocycles. The number of carboxylic acid groups (broad SMARTS) is 1. The van der Waals surface area contributed by atoms with E-state index in [1.54, 1.807) is 0 Å². The van der Waals surface area contributed by atoms with Crippen molar-refractivity contribution in [3.05, 3.63) is 162 Å². The highest BCUT2D eigenvalue weighted by Crippen LogP contribution is 2.40. The molecule has 5 aromatic rings. The zero-order valence-electron chi connectivity index (χ0n) is 20.4. The molecule has 0 saturated carbocycles. The summed E-state index contributed by atoms with van der Waals surface area (Å²) >= 11 is 0. The van der Waals surface area contributed by atoms with Crippen molar-refractivity contribution in [1.82, 2.24) is 14.9 Å². The summed E-state index contributed by atoms with van der Waals surface area (Å²) in [4.78, 5) is 16.8. The van der Waals surface area contributed by atoms with E-state index in [1.807, 2.05) is 97.5 Å². The lowest BCUT2D eigenvalue weighted by Crippen LogP contribution is -2.38. The fourth-order valence-corrected chi connectivity index (χ4v) is 4.93. The molecular weight excluding hydrogens is 458 g/mol. The van der Waals surface area contributed by atoms with E-state index in [1.165, 1.54) is 0 Å². The van der Waals surface area contributed by atoms with Gasteiger partial charge in [0.15, 0.2) is 0 Å². The molecule has 5 nitrogen and oxygen atoms in total. The molecule has 0 radical (unpaired) electrons. The zero-order valence-corrected chi connectivity index (χ0v) is 20.4. The largest absolute Gasteiger partial charge is 0.480 e. The van der Waals surface area contributed by atoms with Crippen LogP contribution in [-0.2, 0) is 23.3 Å². The normalized spacial score (nSPS) is 12.2. The summed E-state index contributed by atoms with van der Waals surface area (Å²) < 4.78 is 2.11. The van der Waals surface area contributed by atoms with Crippen molar-refractivity contribution in [2.24, 2.45) is 0 Å². The molecule has 4 aromatic carbocycles. The van der Waals surface area contributed by atoms with E-state index in [4.69, 9.17) is 4.98 Å². The van der Waals surface area contributed by atoms with Crippen LogP contribution in [-0.4, -0.2) is 26.7 Å². The molecule has 1 heterocycles. The first kappa shape index (κ1) is 24.2. The first-order chi connectivity index (χ1) is 18.2. The van der Waals surface area contributed by atoms with E-state index < -0.39 is 17.6 Å². The van der Waals surface area contributed by atoms with Crippen LogP contribution in [0.2, 0.25) is 0 Å². The van der Waals surface area contributed by atoms with Gasteiger partial charge in [-0.25, -0.2) is 4.98 Å². The van der Waals surface area contributed by atoms with Crippen molar-refractivity contribution < 1.29 is 9.90 Å². The Morgan fingerprint density at radius 2 is 1.22 bits per heavy atom. The van der Waals surface area contributed by atoms with E-state index in [-0.39, 0.29) is 6.42 Å². The summed E-state index contributed by atoms with van der Waals surface area (Å²) in [7, 11) is 0. The third kappa shape index (κ3) is 5.08. The number of nitrogens with one attached hydrogen (secondary N) is 1. The van der Waals surface area contributed by atoms with E-state index in [0.717, 1.165) is 22.3 Å². The van der Waals surface area contributed by atoms with Crippen LogP contribution in [0.3, 0.4) is 0 Å². The van der Waals surface area contributed by atoms with Gasteiger partial charge in [-0.3, -0.25) is 10.1 Å². The van der Waals surface area contributed by atoms with Crippen LogP contribution in [0, 0.1) is 0 Å². The average molecular weight is 488 g/mol. The smallest absolute Gasteiger partial charge is 0.321 e. The Morgan fingerprint density at radius 1 is 0.757 bits per heavy atom. The van der Waals surface area contributed by atoms with Gasteiger partial charge < -0.3 is 9.67 Å². The maximum atomic E-state index is 12.1. The lowest BCUT2D eigenvalue weighted by molar-refractivity contribution is -0.139. The molecule has 5 rings (SSSR count). The van der Waals surface area contributed by atoms with Gasteiger partial charge in [0, 0.05) is 19.2 Å². The highest BCUT2D eigenvalue weighted by atomic mass is 16.4. The van der Waals surface area contributed by atoms with Crippen molar-refractivity contribution in [3.8, 4) is 0 Å². The molecule has 2 N–H and O–H groups in total. The Labute approximate surface area is 217 Å². The molecule has 1 aromatic heterocycles. The second kappa shape index (κ2) is 11.1. The van der Waals surface area contributed by atoms with Gasteiger partial charge >= 0.3 is 5.97 Å². The second-order valence-electron chi connectivity index (χ2n) is 9.04. The SMILES string of the molecule is O=C(O)C(Cc1cn(C(c2ccccc2)(c2ccccc2)c2ccccc2)cn1)NCc1ccccc1. The second-order valence-corrected chi connectivity index (χ2v) is 9.04. The lowest BCUT2D eigenvalue weighted by atomic mass is 9.77. The third-order valence-corrected chi connectivity index (χ3v) is 6.70. The van der Waals surface area contributed by atoms with Crippen LogP contribution in [0.15, 0.2) is 134 Å². The van der Waals surface area contributed by atoms with Gasteiger partial charge in [-0.1, -0.05) is 121 Å². The zero-order chi connectivity index (χ0) is 25.5. The Kier molecular flexibility index (Phi) is 7.24. The maximum absolute atomic E-state index is 12.1. The fourth-order valence-electron chi connectivity index (χ4n) is 4.93. The van der Waals surface area contributed by atoms with Gasteiger partial charge in [0.05, 0.1) is 12.0 Å². The number of benzene rings is 4. The molecule has 0 saturated heterocycles. The first-order valence-corrected chi connectivity index (χ1v) is 12.4. The van der Waals surface area contributed by atoms with Gasteiger partial charge in [-0.2, -0.15) is 0 Å². The molecule has 0 spiro atoms. The minimum Gasteiger partial charge on any atom is -0.480 e. The van der Waals surface area contributed by atoms with Crippen molar-refractivity contribution in [1.29, 1.82) is 0 Å². The summed E-state index contributed by atoms with van der Waals surface area (Å²) in [5.74, 6) is -0.897. The van der Waals surface area contributed by atoms with Crippen molar-refractivity contribution in [3.63, 3.8) is 0 Å². The quantitative estimate of drug-likeness (QED) is 0.255. The van der Waals surface area contributed by atoms with E-state index in [9.17, 15) is 9.90 Å². The first-order valence-electron chi connectivity index (χ1n) is 12.4. The number of hydrogen-bond acceptors (Lipinski definition) is 3. The molecule has 0 bridgehead atoms. The molecule has 1 unspecified atom stereocenters. The highest BCUT2D eigenvalue weighted by molar-refractivity contribution is 5.73. The summed E-state index contributed by atoms with van der Waals surface area (Å²) in [6.07, 6.45) is 4.06. The number of aromatic nitrogens is 2. The summed E-state index contributed by atoms with van der Waals surface area (Å²) in [5, 5.41) is 13.1. The van der Waals surface area contributed by atoms with Crippen LogP contribution < -0.4 is 5.32 Å². The Morgan fingerprint density at radius 3 is 1.68 bits per heavy atom. The summed E-state index contributed by atoms with van der Waals surface area (Å²) in [6.45, 7) is 0.473. The number of aliphatic carboxylic acids is 1. The number of carbonyl (C=O) groups is 1. The van der Waals surface area contributed by atoms with Gasteiger partial charge in [0.1, 0.15) is 11.6 Å². The molecule has 5 heteroatoms. The van der Waals surface area contributed by atoms with Crippen LogP contribution in [0.25, 0.3) is 0 Å². The molecule has 37 heavy (non-hydrogen) atoms. The minimum absolute atomic E-state index is 0.267. The highest BCUT2D eigenvalue weighted by Gasteiger charge is 2.38. The van der Waals surface area contributed by atoms with Crippen LogP contribution in [0.5, 0.6) is 0 Å². The Hall–Kier alpha value is -4.48. The summed E-state index contributed by atoms with van der Waals surface area (Å²) in [6, 6.07) is 40.1. The van der Waals surface area contributed by atoms with E-state index in [2.05, 4.69) is 46.3 Å². The van der Waals surface area contributed by atoms with Crippen molar-refractivity contribution in [2.45, 2.75) is 24.5 Å². The minimum atomic E-state index is -0.897. The Balaban J connectivity index is 1.55. The van der Waals surface area contributed by atoms with Crippen LogP contribution in [0.4, 0.5) is 0 Å². The monoisotopic (exact) mass is 487 g/mol. The molecule has 1 atom stereocenters. The predicted octanol–water partition coefficient (Wildman–Crippen LogP) is 5.51. The Bertz CT molecular complexity index is 1320. The van der Waals surface area contributed by atoms with Gasteiger partial charge in [-0.15, -0.1) is 0 Å². The van der Waals surface area contributed by atoms with Crippen molar-refractivity contribution >= 4 is 5.97 Å². The van der Waals surface area contributed by atoms with E-state index >= 15 is 0 Å². The number of carboxylic acids is 1. The lowest BCUT2D eigenvalue weighted by Gasteiger charge is -2.37. The molecule has 0 aliphatic carbocycles.